The molecule has 1 amide bonds. The lowest BCUT2D eigenvalue weighted by atomic mass is 10.1. The predicted molar refractivity (Wildman–Crippen MR) is 115 cm³/mol. The van der Waals surface area contributed by atoms with E-state index in [4.69, 9.17) is 9.15 Å². The lowest BCUT2D eigenvalue weighted by Crippen LogP contribution is -2.16. The van der Waals surface area contributed by atoms with Gasteiger partial charge in [0.1, 0.15) is 5.00 Å². The minimum atomic E-state index is -0.411. The fraction of sp³-hybridized carbons (Fsp3) is 0.263. The highest BCUT2D eigenvalue weighted by atomic mass is 32.2. The molecule has 0 aromatic carbocycles. The number of carbonyl (C=O) groups excluding carboxylic acids is 2. The molecule has 10 heteroatoms. The van der Waals surface area contributed by atoms with Gasteiger partial charge in [0.2, 0.25) is 11.8 Å². The highest BCUT2D eigenvalue weighted by molar-refractivity contribution is 7.99. The van der Waals surface area contributed by atoms with Crippen molar-refractivity contribution in [2.24, 2.45) is 0 Å². The maximum absolute atomic E-state index is 12.4. The molecule has 0 saturated carbocycles. The smallest absolute Gasteiger partial charge is 0.341 e. The highest BCUT2D eigenvalue weighted by Gasteiger charge is 2.28. The van der Waals surface area contributed by atoms with Gasteiger partial charge in [0.15, 0.2) is 0 Å². The lowest BCUT2D eigenvalue weighted by Gasteiger charge is -2.06. The number of thiophene rings is 2. The van der Waals surface area contributed by atoms with E-state index >= 15 is 0 Å². The Bertz CT molecular complexity index is 1050. The molecular weight excluding hydrogens is 430 g/mol. The molecule has 3 aromatic heterocycles. The quantitative estimate of drug-likeness (QED) is 0.424. The number of thioether (sulfide) groups is 1. The monoisotopic (exact) mass is 447 g/mol. The number of amides is 1. The zero-order chi connectivity index (χ0) is 20.2. The molecule has 1 N–H and O–H groups in total. The van der Waals surface area contributed by atoms with Crippen LogP contribution < -0.4 is 5.32 Å². The number of nitrogens with zero attached hydrogens (tertiary/aromatic N) is 2. The van der Waals surface area contributed by atoms with Gasteiger partial charge in [-0.25, -0.2) is 4.79 Å². The van der Waals surface area contributed by atoms with Crippen molar-refractivity contribution >= 4 is 63.5 Å². The lowest BCUT2D eigenvalue weighted by molar-refractivity contribution is -0.113. The van der Waals surface area contributed by atoms with Crippen molar-refractivity contribution in [1.29, 1.82) is 0 Å². The number of aryl methyl sites for hydroxylation is 1. The second-order valence-electron chi connectivity index (χ2n) is 6.14. The van der Waals surface area contributed by atoms with Crippen molar-refractivity contribution in [3.63, 3.8) is 0 Å². The van der Waals surface area contributed by atoms with Gasteiger partial charge in [-0.05, 0) is 42.3 Å². The van der Waals surface area contributed by atoms with Gasteiger partial charge in [0.05, 0.1) is 18.4 Å². The summed E-state index contributed by atoms with van der Waals surface area (Å²) < 4.78 is 10.4. The molecule has 0 atom stereocenters. The minimum absolute atomic E-state index is 0.0967. The van der Waals surface area contributed by atoms with Crippen molar-refractivity contribution in [2.75, 3.05) is 18.2 Å². The first-order valence-electron chi connectivity index (χ1n) is 8.84. The van der Waals surface area contributed by atoms with Crippen LogP contribution in [0, 0.1) is 0 Å². The third kappa shape index (κ3) is 4.60. The average Bonchev–Trinajstić information content (AvgIpc) is 3.48. The summed E-state index contributed by atoms with van der Waals surface area (Å²) in [4.78, 5) is 26.8. The number of esters is 1. The fourth-order valence-electron chi connectivity index (χ4n) is 2.99. The topological polar surface area (TPSA) is 94.3 Å². The molecule has 0 spiro atoms. The molecule has 0 aliphatic heterocycles. The Hall–Kier alpha value is -2.43. The predicted octanol–water partition coefficient (Wildman–Crippen LogP) is 4.37. The van der Waals surface area contributed by atoms with Crippen molar-refractivity contribution in [3.05, 3.63) is 44.3 Å². The summed E-state index contributed by atoms with van der Waals surface area (Å²) in [5.41, 5.74) is 1.49. The second kappa shape index (κ2) is 8.93. The van der Waals surface area contributed by atoms with E-state index in [1.165, 1.54) is 18.4 Å². The van der Waals surface area contributed by atoms with E-state index in [1.807, 2.05) is 23.6 Å². The Morgan fingerprint density at radius 3 is 3.03 bits per heavy atom. The first-order chi connectivity index (χ1) is 14.1. The Balaban J connectivity index is 1.36. The fourth-order valence-corrected chi connectivity index (χ4v) is 5.47. The van der Waals surface area contributed by atoms with Crippen LogP contribution >= 0.6 is 34.4 Å². The summed E-state index contributed by atoms with van der Waals surface area (Å²) in [6, 6.07) is 3.95. The number of nitrogens with one attached hydrogen (secondary N) is 1. The first kappa shape index (κ1) is 19.9. The zero-order valence-electron chi connectivity index (χ0n) is 15.5. The largest absolute Gasteiger partial charge is 0.465 e. The van der Waals surface area contributed by atoms with E-state index in [2.05, 4.69) is 15.5 Å². The van der Waals surface area contributed by atoms with E-state index in [-0.39, 0.29) is 11.7 Å². The zero-order valence-corrected chi connectivity index (χ0v) is 17.9. The highest BCUT2D eigenvalue weighted by Crippen LogP contribution is 2.39. The molecule has 1 aliphatic rings. The number of fused-ring (bicyclic) bond motifs is 1. The molecule has 0 saturated heterocycles. The molecule has 1 aliphatic carbocycles. The number of aromatic nitrogens is 2. The van der Waals surface area contributed by atoms with E-state index in [0.717, 1.165) is 46.3 Å². The van der Waals surface area contributed by atoms with Crippen molar-refractivity contribution in [3.8, 4) is 0 Å². The van der Waals surface area contributed by atoms with Crippen LogP contribution in [0.2, 0.25) is 0 Å². The molecule has 0 fully saturated rings. The maximum Gasteiger partial charge on any atom is 0.341 e. The van der Waals surface area contributed by atoms with Crippen LogP contribution in [-0.2, 0) is 22.4 Å². The number of anilines is 1. The third-order valence-corrected chi connectivity index (χ3v) is 7.11. The van der Waals surface area contributed by atoms with E-state index in [1.54, 1.807) is 17.4 Å². The SMILES string of the molecule is COC(=O)c1c(NC(=O)CSc2nnc(/C=C/c3cccs3)o2)sc2c1CCC2. The Morgan fingerprint density at radius 1 is 1.34 bits per heavy atom. The van der Waals surface area contributed by atoms with Crippen LogP contribution in [0.3, 0.4) is 0 Å². The van der Waals surface area contributed by atoms with Crippen molar-refractivity contribution in [1.82, 2.24) is 10.2 Å². The van der Waals surface area contributed by atoms with Gasteiger partial charge in [-0.15, -0.1) is 32.9 Å². The van der Waals surface area contributed by atoms with Gasteiger partial charge in [0, 0.05) is 15.8 Å². The van der Waals surface area contributed by atoms with Crippen molar-refractivity contribution in [2.45, 2.75) is 24.5 Å². The van der Waals surface area contributed by atoms with E-state index in [9.17, 15) is 9.59 Å². The summed E-state index contributed by atoms with van der Waals surface area (Å²) in [6.07, 6.45) is 6.42. The third-order valence-electron chi connectivity index (χ3n) is 4.25. The Labute approximate surface area is 179 Å². The van der Waals surface area contributed by atoms with Gasteiger partial charge in [-0.3, -0.25) is 4.79 Å². The molecule has 0 radical (unpaired) electrons. The molecule has 0 bridgehead atoms. The number of rotatable bonds is 7. The van der Waals surface area contributed by atoms with Gasteiger partial charge < -0.3 is 14.5 Å². The second-order valence-corrected chi connectivity index (χ2v) is 9.16. The summed E-state index contributed by atoms with van der Waals surface area (Å²) in [5, 5.41) is 13.6. The number of ether oxygens (including phenoxy) is 1. The average molecular weight is 448 g/mol. The number of carbonyl (C=O) groups is 2. The van der Waals surface area contributed by atoms with Gasteiger partial charge in [-0.2, -0.15) is 0 Å². The number of hydrogen-bond acceptors (Lipinski definition) is 9. The van der Waals surface area contributed by atoms with Crippen LogP contribution in [0.15, 0.2) is 27.2 Å². The van der Waals surface area contributed by atoms with Crippen LogP contribution in [0.5, 0.6) is 0 Å². The van der Waals surface area contributed by atoms with Crippen LogP contribution in [0.1, 0.15) is 38.0 Å². The molecule has 150 valence electrons. The molecule has 7 nitrogen and oxygen atoms in total. The van der Waals surface area contributed by atoms with E-state index in [0.29, 0.717) is 21.7 Å². The summed E-state index contributed by atoms with van der Waals surface area (Å²) in [7, 11) is 1.35. The van der Waals surface area contributed by atoms with Gasteiger partial charge in [-0.1, -0.05) is 17.8 Å². The summed E-state index contributed by atoms with van der Waals surface area (Å²) in [5.74, 6) is -0.177. The van der Waals surface area contributed by atoms with Crippen molar-refractivity contribution < 1.29 is 18.7 Å². The first-order valence-corrected chi connectivity index (χ1v) is 11.5. The van der Waals surface area contributed by atoms with Gasteiger partial charge >= 0.3 is 5.97 Å². The number of hydrogen-bond donors (Lipinski definition) is 1. The molecule has 0 unspecified atom stereocenters. The maximum atomic E-state index is 12.4. The molecule has 3 aromatic rings. The minimum Gasteiger partial charge on any atom is -0.465 e. The standard InChI is InChI=1S/C19H17N3O4S3/c1-25-18(24)16-12-5-2-6-13(12)29-17(16)20-14(23)10-28-19-22-21-15(26-19)8-7-11-4-3-9-27-11/h3-4,7-9H,2,5-6,10H2,1H3,(H,20,23)/b8-7+. The molecular formula is C19H17N3O4S3. The molecule has 3 heterocycles. The molecule has 29 heavy (non-hydrogen) atoms. The van der Waals surface area contributed by atoms with Crippen LogP contribution in [-0.4, -0.2) is 34.9 Å². The summed E-state index contributed by atoms with van der Waals surface area (Å²) in [6.45, 7) is 0. The van der Waals surface area contributed by atoms with Gasteiger partial charge in [0.25, 0.3) is 5.22 Å². The molecule has 4 rings (SSSR count). The normalized spacial score (nSPS) is 13.0. The van der Waals surface area contributed by atoms with E-state index < -0.39 is 5.97 Å². The number of methoxy groups -OCH3 is 1. The van der Waals surface area contributed by atoms with Crippen LogP contribution in [0.25, 0.3) is 12.2 Å². The van der Waals surface area contributed by atoms with Crippen LogP contribution in [0.4, 0.5) is 5.00 Å². The Morgan fingerprint density at radius 2 is 2.24 bits per heavy atom. The summed E-state index contributed by atoms with van der Waals surface area (Å²) >= 11 is 4.21. The Kier molecular flexibility index (Phi) is 6.12.